The number of rotatable bonds is 5. The minimum absolute atomic E-state index is 0.158. The monoisotopic (exact) mass is 218 g/mol. The molecule has 1 unspecified atom stereocenters. The molecule has 0 saturated carbocycles. The summed E-state index contributed by atoms with van der Waals surface area (Å²) in [5, 5.41) is 0. The van der Waals surface area contributed by atoms with Gasteiger partial charge in [0.2, 0.25) is 0 Å². The van der Waals surface area contributed by atoms with Gasteiger partial charge >= 0.3 is 6.80 Å². The van der Waals surface area contributed by atoms with Crippen molar-refractivity contribution in [1.82, 2.24) is 0 Å². The highest BCUT2D eigenvalue weighted by Crippen LogP contribution is 2.63. The molecular formula is C3H7O3PS3. The lowest BCUT2D eigenvalue weighted by molar-refractivity contribution is 0.323. The fraction of sp³-hybridized carbons (Fsp3) is 0.333. The van der Waals surface area contributed by atoms with Crippen LogP contribution in [-0.2, 0) is 13.1 Å². The van der Waals surface area contributed by atoms with E-state index in [1.165, 1.54) is 6.08 Å². The SMILES string of the molecule is C=CCOP(=O)(OS)SS. The van der Waals surface area contributed by atoms with Gasteiger partial charge in [0.25, 0.3) is 0 Å². The van der Waals surface area contributed by atoms with Crippen LogP contribution in [0.25, 0.3) is 0 Å². The molecule has 0 aromatic heterocycles. The zero-order chi connectivity index (χ0) is 8.04. The zero-order valence-corrected chi connectivity index (χ0v) is 8.47. The summed E-state index contributed by atoms with van der Waals surface area (Å²) < 4.78 is 20.0. The van der Waals surface area contributed by atoms with Crippen molar-refractivity contribution < 1.29 is 13.1 Å². The molecule has 0 aliphatic rings. The fourth-order valence-electron chi connectivity index (χ4n) is 0.206. The Kier molecular flexibility index (Phi) is 6.10. The van der Waals surface area contributed by atoms with Gasteiger partial charge in [0.15, 0.2) is 0 Å². The first-order valence-corrected chi connectivity index (χ1v) is 6.58. The maximum atomic E-state index is 11.0. The molecule has 0 saturated heterocycles. The van der Waals surface area contributed by atoms with Crippen molar-refractivity contribution in [1.29, 1.82) is 0 Å². The highest BCUT2D eigenvalue weighted by Gasteiger charge is 2.22. The van der Waals surface area contributed by atoms with Crippen molar-refractivity contribution in [3.8, 4) is 0 Å². The van der Waals surface area contributed by atoms with Crippen LogP contribution in [0.1, 0.15) is 0 Å². The Labute approximate surface area is 74.3 Å². The topological polar surface area (TPSA) is 35.5 Å². The second-order valence-electron chi connectivity index (χ2n) is 1.19. The first-order chi connectivity index (χ1) is 4.68. The van der Waals surface area contributed by atoms with Gasteiger partial charge in [-0.1, -0.05) is 17.7 Å². The Morgan fingerprint density at radius 2 is 2.40 bits per heavy atom. The summed E-state index contributed by atoms with van der Waals surface area (Å²) >= 11 is 7.04. The molecular weight excluding hydrogens is 211 g/mol. The predicted molar refractivity (Wildman–Crippen MR) is 50.4 cm³/mol. The minimum atomic E-state index is -3.12. The molecule has 0 rings (SSSR count). The number of hydrogen-bond donors (Lipinski definition) is 2. The quantitative estimate of drug-likeness (QED) is 0.244. The second kappa shape index (κ2) is 5.57. The van der Waals surface area contributed by atoms with Crippen molar-refractivity contribution >= 4 is 41.8 Å². The maximum absolute atomic E-state index is 11.0. The van der Waals surface area contributed by atoms with E-state index in [0.717, 1.165) is 0 Å². The van der Waals surface area contributed by atoms with E-state index in [0.29, 0.717) is 10.4 Å². The van der Waals surface area contributed by atoms with Gasteiger partial charge in [0, 0.05) is 10.4 Å². The molecule has 0 fully saturated rings. The van der Waals surface area contributed by atoms with Gasteiger partial charge in [-0.15, -0.1) is 6.58 Å². The molecule has 0 amide bonds. The highest BCUT2D eigenvalue weighted by molar-refractivity contribution is 8.93. The molecule has 10 heavy (non-hydrogen) atoms. The summed E-state index contributed by atoms with van der Waals surface area (Å²) in [6, 6.07) is 0. The van der Waals surface area contributed by atoms with Crippen molar-refractivity contribution in [2.24, 2.45) is 0 Å². The number of thiol groups is 2. The van der Waals surface area contributed by atoms with E-state index in [2.05, 4.69) is 35.1 Å². The fourth-order valence-corrected chi connectivity index (χ4v) is 2.67. The van der Waals surface area contributed by atoms with E-state index in [4.69, 9.17) is 4.52 Å². The average molecular weight is 218 g/mol. The zero-order valence-electron chi connectivity index (χ0n) is 4.97. The van der Waals surface area contributed by atoms with Crippen LogP contribution in [0.2, 0.25) is 0 Å². The first kappa shape index (κ1) is 10.9. The summed E-state index contributed by atoms with van der Waals surface area (Å²) in [5.74, 6) is 0. The van der Waals surface area contributed by atoms with Crippen LogP contribution in [0.3, 0.4) is 0 Å². The largest absolute Gasteiger partial charge is 0.410 e. The lowest BCUT2D eigenvalue weighted by Crippen LogP contribution is -1.84. The van der Waals surface area contributed by atoms with Gasteiger partial charge in [-0.25, -0.2) is 8.54 Å². The van der Waals surface area contributed by atoms with Crippen molar-refractivity contribution in [3.05, 3.63) is 12.7 Å². The van der Waals surface area contributed by atoms with Crippen LogP contribution in [0.4, 0.5) is 0 Å². The van der Waals surface area contributed by atoms with E-state index in [-0.39, 0.29) is 6.61 Å². The molecule has 0 bridgehead atoms. The minimum Gasteiger partial charge on any atom is -0.295 e. The Bertz CT molecular complexity index is 142. The van der Waals surface area contributed by atoms with Gasteiger partial charge < -0.3 is 0 Å². The molecule has 0 N–H and O–H groups in total. The van der Waals surface area contributed by atoms with E-state index < -0.39 is 6.80 Å². The summed E-state index contributed by atoms with van der Waals surface area (Å²) in [6.07, 6.45) is 1.46. The van der Waals surface area contributed by atoms with Gasteiger partial charge in [0.1, 0.15) is 0 Å². The standard InChI is InChI=1S/C3H7O3PS3/c1-2-3-5-7(4,6-8)10-9/h2,8-9H,1,3H2. The third-order valence-corrected chi connectivity index (χ3v) is 5.33. The summed E-state index contributed by atoms with van der Waals surface area (Å²) in [4.78, 5) is 0. The normalized spacial score (nSPS) is 16.2. The van der Waals surface area contributed by atoms with Gasteiger partial charge in [-0.2, -0.15) is 0 Å². The van der Waals surface area contributed by atoms with Crippen LogP contribution >= 0.6 is 41.8 Å². The van der Waals surface area contributed by atoms with Crippen molar-refractivity contribution in [3.63, 3.8) is 0 Å². The van der Waals surface area contributed by atoms with Crippen LogP contribution in [0.15, 0.2) is 12.7 Å². The molecule has 0 aliphatic heterocycles. The molecule has 0 aromatic rings. The van der Waals surface area contributed by atoms with E-state index >= 15 is 0 Å². The molecule has 60 valence electrons. The first-order valence-electron chi connectivity index (χ1n) is 2.20. The molecule has 0 heterocycles. The number of hydrogen-bond acceptors (Lipinski definition) is 6. The smallest absolute Gasteiger partial charge is 0.295 e. The van der Waals surface area contributed by atoms with Crippen LogP contribution < -0.4 is 0 Å². The Morgan fingerprint density at radius 3 is 2.70 bits per heavy atom. The lowest BCUT2D eigenvalue weighted by atomic mass is 10.7. The highest BCUT2D eigenvalue weighted by atomic mass is 33.3. The molecule has 0 aromatic carbocycles. The predicted octanol–water partition coefficient (Wildman–Crippen LogP) is 2.74. The molecule has 0 spiro atoms. The summed E-state index contributed by atoms with van der Waals surface area (Å²) in [7, 11) is 0.694. The lowest BCUT2D eigenvalue weighted by Gasteiger charge is -2.08. The van der Waals surface area contributed by atoms with Crippen molar-refractivity contribution in [2.75, 3.05) is 6.61 Å². The van der Waals surface area contributed by atoms with Gasteiger partial charge in [-0.3, -0.25) is 4.52 Å². The Morgan fingerprint density at radius 1 is 1.80 bits per heavy atom. The molecule has 0 radical (unpaired) electrons. The van der Waals surface area contributed by atoms with Crippen LogP contribution in [-0.4, -0.2) is 6.61 Å². The molecule has 3 nitrogen and oxygen atoms in total. The van der Waals surface area contributed by atoms with E-state index in [9.17, 15) is 4.57 Å². The molecule has 1 atom stereocenters. The van der Waals surface area contributed by atoms with E-state index in [1.807, 2.05) is 0 Å². The van der Waals surface area contributed by atoms with Gasteiger partial charge in [-0.05, 0) is 12.9 Å². The summed E-state index contributed by atoms with van der Waals surface area (Å²) in [6.45, 7) is 0.406. The van der Waals surface area contributed by atoms with E-state index in [1.54, 1.807) is 0 Å². The van der Waals surface area contributed by atoms with Crippen molar-refractivity contribution in [2.45, 2.75) is 0 Å². The molecule has 7 heteroatoms. The Balaban J connectivity index is 3.81. The Hall–Kier alpha value is 0.940. The van der Waals surface area contributed by atoms with Crippen LogP contribution in [0, 0.1) is 0 Å². The summed E-state index contributed by atoms with van der Waals surface area (Å²) in [5.41, 5.74) is 0. The third kappa shape index (κ3) is 3.95. The maximum Gasteiger partial charge on any atom is 0.410 e. The second-order valence-corrected chi connectivity index (χ2v) is 6.47. The van der Waals surface area contributed by atoms with Gasteiger partial charge in [0.05, 0.1) is 6.61 Å². The van der Waals surface area contributed by atoms with Crippen LogP contribution in [0.5, 0.6) is 0 Å². The molecule has 0 aliphatic carbocycles. The average Bonchev–Trinajstić information content (AvgIpc) is 2.00. The third-order valence-electron chi connectivity index (χ3n) is 0.551.